The Hall–Kier alpha value is -3.07. The quantitative estimate of drug-likeness (QED) is 0.732. The number of sulfone groups is 1. The van der Waals surface area contributed by atoms with Gasteiger partial charge in [-0.25, -0.2) is 8.42 Å². The first kappa shape index (κ1) is 17.7. The van der Waals surface area contributed by atoms with E-state index in [0.717, 1.165) is 0 Å². The van der Waals surface area contributed by atoms with Crippen molar-refractivity contribution in [1.82, 2.24) is 15.2 Å². The molecule has 0 aliphatic rings. The second-order valence-corrected chi connectivity index (χ2v) is 8.23. The van der Waals surface area contributed by atoms with Gasteiger partial charge in [0.2, 0.25) is 0 Å². The monoisotopic (exact) mass is 372 g/mol. The molecule has 1 amide bonds. The van der Waals surface area contributed by atoms with Crippen LogP contribution in [0.4, 0.5) is 6.01 Å². The van der Waals surface area contributed by atoms with Gasteiger partial charge < -0.3 is 4.42 Å². The Morgan fingerprint density at radius 3 is 2.65 bits per heavy atom. The maximum atomic E-state index is 12.4. The van der Waals surface area contributed by atoms with Gasteiger partial charge in [-0.05, 0) is 44.2 Å². The number of aromatic nitrogens is 3. The average molecular weight is 372 g/mol. The lowest BCUT2D eigenvalue weighted by Gasteiger charge is -2.09. The van der Waals surface area contributed by atoms with Crippen molar-refractivity contribution in [2.75, 3.05) is 5.32 Å². The highest BCUT2D eigenvalue weighted by Gasteiger charge is 2.21. The first-order chi connectivity index (χ1) is 12.4. The molecular weight excluding hydrogens is 356 g/mol. The molecular formula is C17H16N4O4S. The van der Waals surface area contributed by atoms with Crippen LogP contribution in [0.1, 0.15) is 24.2 Å². The minimum atomic E-state index is -3.48. The number of rotatable bonds is 5. The molecule has 0 radical (unpaired) electrons. The van der Waals surface area contributed by atoms with E-state index in [1.807, 2.05) is 0 Å². The normalized spacial score (nSPS) is 11.5. The average Bonchev–Trinajstić information content (AvgIpc) is 3.11. The van der Waals surface area contributed by atoms with Gasteiger partial charge in [-0.15, -0.1) is 5.10 Å². The van der Waals surface area contributed by atoms with E-state index in [4.69, 9.17) is 4.42 Å². The molecule has 0 aliphatic heterocycles. The van der Waals surface area contributed by atoms with Crippen molar-refractivity contribution < 1.29 is 17.6 Å². The number of amides is 1. The highest BCUT2D eigenvalue weighted by atomic mass is 32.2. The van der Waals surface area contributed by atoms with Gasteiger partial charge in [0.05, 0.1) is 15.7 Å². The van der Waals surface area contributed by atoms with Gasteiger partial charge in [0.15, 0.2) is 9.84 Å². The molecule has 0 spiro atoms. The van der Waals surface area contributed by atoms with Crippen molar-refractivity contribution in [2.45, 2.75) is 24.0 Å². The summed E-state index contributed by atoms with van der Waals surface area (Å²) in [6.45, 7) is 3.17. The molecule has 0 atom stereocenters. The first-order valence-corrected chi connectivity index (χ1v) is 9.32. The van der Waals surface area contributed by atoms with Gasteiger partial charge in [0, 0.05) is 18.0 Å². The molecule has 1 aromatic carbocycles. The number of nitrogens with one attached hydrogen (secondary N) is 1. The third kappa shape index (κ3) is 3.62. The third-order valence-corrected chi connectivity index (χ3v) is 5.75. The van der Waals surface area contributed by atoms with Crippen molar-refractivity contribution in [3.63, 3.8) is 0 Å². The zero-order chi connectivity index (χ0) is 18.7. The van der Waals surface area contributed by atoms with Crippen LogP contribution in [0.25, 0.3) is 11.5 Å². The Morgan fingerprint density at radius 1 is 1.15 bits per heavy atom. The molecule has 8 nitrogen and oxygen atoms in total. The second-order valence-electron chi connectivity index (χ2n) is 5.73. The Kier molecular flexibility index (Phi) is 4.81. The lowest BCUT2D eigenvalue weighted by Crippen LogP contribution is -2.16. The lowest BCUT2D eigenvalue weighted by atomic mass is 10.2. The molecule has 3 aromatic rings. The van der Waals surface area contributed by atoms with Crippen LogP contribution in [0.2, 0.25) is 0 Å². The smallest absolute Gasteiger partial charge is 0.322 e. The van der Waals surface area contributed by atoms with Crippen LogP contribution in [-0.4, -0.2) is 34.8 Å². The van der Waals surface area contributed by atoms with Crippen LogP contribution in [-0.2, 0) is 9.84 Å². The number of anilines is 1. The fraction of sp³-hybridized carbons (Fsp3) is 0.176. The first-order valence-electron chi connectivity index (χ1n) is 7.77. The molecule has 0 saturated carbocycles. The summed E-state index contributed by atoms with van der Waals surface area (Å²) in [6.07, 6.45) is 3.17. The standard InChI is InChI=1S/C17H16N4O4S/c1-11(2)26(23,24)14-7-3-5-12(9-14)15(22)19-17-21-20-16(25-17)13-6-4-8-18-10-13/h3-11H,1-2H3,(H,19,21,22). The summed E-state index contributed by atoms with van der Waals surface area (Å²) in [4.78, 5) is 16.4. The number of hydrogen-bond acceptors (Lipinski definition) is 7. The molecule has 134 valence electrons. The molecule has 0 aliphatic carbocycles. The summed E-state index contributed by atoms with van der Waals surface area (Å²) in [5, 5.41) is 9.49. The number of pyridine rings is 1. The zero-order valence-corrected chi connectivity index (χ0v) is 14.9. The highest BCUT2D eigenvalue weighted by Crippen LogP contribution is 2.20. The highest BCUT2D eigenvalue weighted by molar-refractivity contribution is 7.92. The molecule has 0 fully saturated rings. The zero-order valence-electron chi connectivity index (χ0n) is 14.1. The molecule has 3 rings (SSSR count). The van der Waals surface area contributed by atoms with Gasteiger partial charge >= 0.3 is 6.01 Å². The fourth-order valence-electron chi connectivity index (χ4n) is 2.14. The predicted octanol–water partition coefficient (Wildman–Crippen LogP) is 2.57. The van der Waals surface area contributed by atoms with Crippen LogP contribution in [0.5, 0.6) is 0 Å². The Balaban J connectivity index is 1.80. The lowest BCUT2D eigenvalue weighted by molar-refractivity contribution is 0.102. The predicted molar refractivity (Wildman–Crippen MR) is 94.2 cm³/mol. The molecule has 0 bridgehead atoms. The van der Waals surface area contributed by atoms with Gasteiger partial charge in [-0.1, -0.05) is 11.2 Å². The number of hydrogen-bond donors (Lipinski definition) is 1. The van der Waals surface area contributed by atoms with E-state index in [2.05, 4.69) is 20.5 Å². The maximum Gasteiger partial charge on any atom is 0.322 e. The van der Waals surface area contributed by atoms with E-state index < -0.39 is 21.0 Å². The van der Waals surface area contributed by atoms with Crippen LogP contribution in [0.15, 0.2) is 58.1 Å². The number of nitrogens with zero attached hydrogens (tertiary/aromatic N) is 3. The molecule has 26 heavy (non-hydrogen) atoms. The number of carbonyl (C=O) groups excluding carboxylic acids is 1. The van der Waals surface area contributed by atoms with Gasteiger partial charge in [-0.3, -0.25) is 15.1 Å². The Labute approximate surface area is 150 Å². The van der Waals surface area contributed by atoms with Crippen molar-refractivity contribution in [3.05, 3.63) is 54.4 Å². The maximum absolute atomic E-state index is 12.4. The minimum Gasteiger partial charge on any atom is -0.403 e. The van der Waals surface area contributed by atoms with E-state index in [1.54, 1.807) is 38.4 Å². The van der Waals surface area contributed by atoms with Crippen molar-refractivity contribution >= 4 is 21.8 Å². The molecule has 9 heteroatoms. The van der Waals surface area contributed by atoms with E-state index in [0.29, 0.717) is 5.56 Å². The summed E-state index contributed by atoms with van der Waals surface area (Å²) in [5.74, 6) is -0.336. The van der Waals surface area contributed by atoms with E-state index in [9.17, 15) is 13.2 Å². The second kappa shape index (κ2) is 7.04. The Bertz CT molecular complexity index is 1030. The van der Waals surface area contributed by atoms with Gasteiger partial charge in [-0.2, -0.15) is 0 Å². The summed E-state index contributed by atoms with van der Waals surface area (Å²) in [5.41, 5.74) is 0.790. The van der Waals surface area contributed by atoms with Crippen molar-refractivity contribution in [1.29, 1.82) is 0 Å². The summed E-state index contributed by atoms with van der Waals surface area (Å²) in [6, 6.07) is 9.17. The minimum absolute atomic E-state index is 0.0849. The third-order valence-electron chi connectivity index (χ3n) is 3.60. The van der Waals surface area contributed by atoms with Crippen LogP contribution < -0.4 is 5.32 Å². The summed E-state index contributed by atoms with van der Waals surface area (Å²) < 4.78 is 29.9. The Morgan fingerprint density at radius 2 is 1.96 bits per heavy atom. The topological polar surface area (TPSA) is 115 Å². The molecule has 2 aromatic heterocycles. The van der Waals surface area contributed by atoms with Crippen LogP contribution in [0.3, 0.4) is 0 Å². The van der Waals surface area contributed by atoms with E-state index in [-0.39, 0.29) is 22.4 Å². The summed E-state index contributed by atoms with van der Waals surface area (Å²) in [7, 11) is -3.48. The fourth-order valence-corrected chi connectivity index (χ4v) is 3.24. The number of benzene rings is 1. The SMILES string of the molecule is CC(C)S(=O)(=O)c1cccc(C(=O)Nc2nnc(-c3cccnc3)o2)c1. The number of carbonyl (C=O) groups is 1. The summed E-state index contributed by atoms with van der Waals surface area (Å²) >= 11 is 0. The molecule has 0 unspecified atom stereocenters. The molecule has 1 N–H and O–H groups in total. The van der Waals surface area contributed by atoms with Crippen molar-refractivity contribution in [2.24, 2.45) is 0 Å². The van der Waals surface area contributed by atoms with Crippen molar-refractivity contribution in [3.8, 4) is 11.5 Å². The van der Waals surface area contributed by atoms with Crippen LogP contribution >= 0.6 is 0 Å². The molecule has 2 heterocycles. The molecule has 0 saturated heterocycles. The van der Waals surface area contributed by atoms with E-state index in [1.165, 1.54) is 24.3 Å². The largest absolute Gasteiger partial charge is 0.403 e. The van der Waals surface area contributed by atoms with Crippen LogP contribution in [0, 0.1) is 0 Å². The van der Waals surface area contributed by atoms with E-state index >= 15 is 0 Å². The van der Waals surface area contributed by atoms with Gasteiger partial charge in [0.1, 0.15) is 0 Å². The van der Waals surface area contributed by atoms with Gasteiger partial charge in [0.25, 0.3) is 11.8 Å².